The summed E-state index contributed by atoms with van der Waals surface area (Å²) in [7, 11) is 0. The summed E-state index contributed by atoms with van der Waals surface area (Å²) in [6, 6.07) is 7.70. The number of nitrogens with zero attached hydrogens (tertiary/aromatic N) is 3. The summed E-state index contributed by atoms with van der Waals surface area (Å²) in [6.45, 7) is 3.97. The second-order valence-electron chi connectivity index (χ2n) is 5.09. The molecule has 0 unspecified atom stereocenters. The number of aryl methyl sites for hydroxylation is 2. The highest BCUT2D eigenvalue weighted by atomic mass is 32.2. The first kappa shape index (κ1) is 16.7. The number of hydrogen-bond acceptors (Lipinski definition) is 6. The van der Waals surface area contributed by atoms with Crippen molar-refractivity contribution < 1.29 is 4.79 Å². The first-order chi connectivity index (χ1) is 11.6. The zero-order valence-corrected chi connectivity index (χ0v) is 15.0. The Bertz CT molecular complexity index is 842. The molecule has 124 valence electrons. The van der Waals surface area contributed by atoms with E-state index in [-0.39, 0.29) is 11.7 Å². The molecule has 6 nitrogen and oxygen atoms in total. The molecule has 24 heavy (non-hydrogen) atoms. The summed E-state index contributed by atoms with van der Waals surface area (Å²) in [6.07, 6.45) is 0.794. The Balaban J connectivity index is 1.60. The van der Waals surface area contributed by atoms with E-state index < -0.39 is 0 Å². The van der Waals surface area contributed by atoms with Crippen molar-refractivity contribution in [1.82, 2.24) is 20.2 Å². The molecule has 2 aromatic heterocycles. The minimum atomic E-state index is -0.0885. The van der Waals surface area contributed by atoms with Gasteiger partial charge in [0.25, 0.3) is 0 Å². The molecule has 3 rings (SSSR count). The SMILES string of the molecule is CCc1nc(SCC(=O)Nc2cccc(-c3csc(C)n3)c2)n[nH]1. The van der Waals surface area contributed by atoms with E-state index in [0.29, 0.717) is 5.16 Å². The molecule has 0 spiro atoms. The van der Waals surface area contributed by atoms with Crippen molar-refractivity contribution in [3.05, 3.63) is 40.5 Å². The van der Waals surface area contributed by atoms with Crippen molar-refractivity contribution in [2.24, 2.45) is 0 Å². The second kappa shape index (κ2) is 7.59. The second-order valence-corrected chi connectivity index (χ2v) is 7.09. The normalized spacial score (nSPS) is 10.8. The maximum Gasteiger partial charge on any atom is 0.234 e. The lowest BCUT2D eigenvalue weighted by Gasteiger charge is -2.05. The van der Waals surface area contributed by atoms with Gasteiger partial charge in [0.1, 0.15) is 5.82 Å². The van der Waals surface area contributed by atoms with E-state index in [0.717, 1.165) is 34.2 Å². The third kappa shape index (κ3) is 4.21. The summed E-state index contributed by atoms with van der Waals surface area (Å²) in [5.74, 6) is 1.000. The minimum absolute atomic E-state index is 0.0885. The predicted molar refractivity (Wildman–Crippen MR) is 97.4 cm³/mol. The fraction of sp³-hybridized carbons (Fsp3) is 0.250. The lowest BCUT2D eigenvalue weighted by Crippen LogP contribution is -2.14. The highest BCUT2D eigenvalue weighted by Gasteiger charge is 2.09. The van der Waals surface area contributed by atoms with E-state index in [4.69, 9.17) is 0 Å². The molecule has 0 bridgehead atoms. The summed E-state index contributed by atoms with van der Waals surface area (Å²) in [5, 5.41) is 13.4. The van der Waals surface area contributed by atoms with E-state index in [1.165, 1.54) is 11.8 Å². The Morgan fingerprint density at radius 3 is 2.96 bits per heavy atom. The molecule has 2 N–H and O–H groups in total. The van der Waals surface area contributed by atoms with Crippen molar-refractivity contribution in [3.8, 4) is 11.3 Å². The van der Waals surface area contributed by atoms with E-state index in [2.05, 4.69) is 25.5 Å². The van der Waals surface area contributed by atoms with Gasteiger partial charge in [-0.05, 0) is 19.1 Å². The van der Waals surface area contributed by atoms with Gasteiger partial charge in [0, 0.05) is 23.1 Å². The number of benzene rings is 1. The maximum absolute atomic E-state index is 12.1. The summed E-state index contributed by atoms with van der Waals surface area (Å²) < 4.78 is 0. The molecule has 0 fully saturated rings. The van der Waals surface area contributed by atoms with Gasteiger partial charge in [-0.15, -0.1) is 16.4 Å². The first-order valence-corrected chi connectivity index (χ1v) is 9.37. The quantitative estimate of drug-likeness (QED) is 0.658. The molecular weight excluding hydrogens is 342 g/mol. The van der Waals surface area contributed by atoms with Crippen LogP contribution in [0.1, 0.15) is 17.8 Å². The maximum atomic E-state index is 12.1. The van der Waals surface area contributed by atoms with Crippen molar-refractivity contribution in [1.29, 1.82) is 0 Å². The van der Waals surface area contributed by atoms with Crippen LogP contribution in [0.3, 0.4) is 0 Å². The van der Waals surface area contributed by atoms with Crippen molar-refractivity contribution in [2.45, 2.75) is 25.4 Å². The molecule has 0 atom stereocenters. The van der Waals surface area contributed by atoms with Gasteiger partial charge in [-0.2, -0.15) is 0 Å². The molecule has 1 amide bonds. The number of carbonyl (C=O) groups is 1. The number of amides is 1. The van der Waals surface area contributed by atoms with Gasteiger partial charge in [0.2, 0.25) is 11.1 Å². The molecule has 0 aliphatic rings. The molecular formula is C16H17N5OS2. The molecule has 0 saturated carbocycles. The van der Waals surface area contributed by atoms with Crippen LogP contribution in [0.15, 0.2) is 34.8 Å². The third-order valence-electron chi connectivity index (χ3n) is 3.24. The Morgan fingerprint density at radius 2 is 2.25 bits per heavy atom. The van der Waals surface area contributed by atoms with Crippen LogP contribution < -0.4 is 5.32 Å². The minimum Gasteiger partial charge on any atom is -0.325 e. The van der Waals surface area contributed by atoms with Gasteiger partial charge in [0.15, 0.2) is 0 Å². The molecule has 0 aliphatic carbocycles. The number of aromatic amines is 1. The van der Waals surface area contributed by atoms with Crippen LogP contribution in [0, 0.1) is 6.92 Å². The highest BCUT2D eigenvalue weighted by molar-refractivity contribution is 7.99. The molecule has 3 aromatic rings. The number of rotatable bonds is 6. The summed E-state index contributed by atoms with van der Waals surface area (Å²) in [5.41, 5.74) is 2.68. The number of carbonyl (C=O) groups excluding carboxylic acids is 1. The van der Waals surface area contributed by atoms with E-state index in [1.54, 1.807) is 11.3 Å². The van der Waals surface area contributed by atoms with Gasteiger partial charge in [-0.3, -0.25) is 9.89 Å². The summed E-state index contributed by atoms with van der Waals surface area (Å²) in [4.78, 5) is 20.8. The van der Waals surface area contributed by atoms with Crippen LogP contribution in [-0.2, 0) is 11.2 Å². The molecule has 0 radical (unpaired) electrons. The van der Waals surface area contributed by atoms with Crippen molar-refractivity contribution >= 4 is 34.7 Å². The van der Waals surface area contributed by atoms with Crippen molar-refractivity contribution in [3.63, 3.8) is 0 Å². The topological polar surface area (TPSA) is 83.6 Å². The Hall–Kier alpha value is -2.19. The summed E-state index contributed by atoms with van der Waals surface area (Å²) >= 11 is 2.92. The molecule has 2 heterocycles. The van der Waals surface area contributed by atoms with Crippen LogP contribution in [0.2, 0.25) is 0 Å². The number of thioether (sulfide) groups is 1. The van der Waals surface area contributed by atoms with Gasteiger partial charge < -0.3 is 5.32 Å². The monoisotopic (exact) mass is 359 g/mol. The molecule has 0 saturated heterocycles. The Labute approximate surface area is 148 Å². The van der Waals surface area contributed by atoms with Gasteiger partial charge in [-0.1, -0.05) is 30.8 Å². The smallest absolute Gasteiger partial charge is 0.234 e. The van der Waals surface area contributed by atoms with Crippen LogP contribution >= 0.6 is 23.1 Å². The molecule has 1 aromatic carbocycles. The van der Waals surface area contributed by atoms with Gasteiger partial charge in [-0.25, -0.2) is 9.97 Å². The van der Waals surface area contributed by atoms with Crippen LogP contribution in [0.5, 0.6) is 0 Å². The van der Waals surface area contributed by atoms with E-state index in [1.807, 2.05) is 43.5 Å². The average molecular weight is 359 g/mol. The lowest BCUT2D eigenvalue weighted by molar-refractivity contribution is -0.113. The molecule has 0 aliphatic heterocycles. The van der Waals surface area contributed by atoms with Crippen LogP contribution in [-0.4, -0.2) is 31.8 Å². The fourth-order valence-electron chi connectivity index (χ4n) is 2.08. The first-order valence-electron chi connectivity index (χ1n) is 7.50. The van der Waals surface area contributed by atoms with Gasteiger partial charge in [0.05, 0.1) is 16.5 Å². The highest BCUT2D eigenvalue weighted by Crippen LogP contribution is 2.24. The van der Waals surface area contributed by atoms with E-state index >= 15 is 0 Å². The number of hydrogen-bond donors (Lipinski definition) is 2. The fourth-order valence-corrected chi connectivity index (χ4v) is 3.32. The molecule has 8 heteroatoms. The third-order valence-corrected chi connectivity index (χ3v) is 4.86. The number of H-pyrrole nitrogens is 1. The zero-order valence-electron chi connectivity index (χ0n) is 13.4. The van der Waals surface area contributed by atoms with Crippen molar-refractivity contribution in [2.75, 3.05) is 11.1 Å². The predicted octanol–water partition coefficient (Wildman–Crippen LogP) is 3.53. The number of nitrogens with one attached hydrogen (secondary N) is 2. The zero-order chi connectivity index (χ0) is 16.9. The van der Waals surface area contributed by atoms with Crippen LogP contribution in [0.25, 0.3) is 11.3 Å². The van der Waals surface area contributed by atoms with E-state index in [9.17, 15) is 4.79 Å². The lowest BCUT2D eigenvalue weighted by atomic mass is 10.1. The number of thiazole rings is 1. The largest absolute Gasteiger partial charge is 0.325 e. The van der Waals surface area contributed by atoms with Gasteiger partial charge >= 0.3 is 0 Å². The Kier molecular flexibility index (Phi) is 5.27. The standard InChI is InChI=1S/C16H17N5OS2/c1-3-14-19-16(21-20-14)24-9-15(22)18-12-6-4-5-11(7-12)13-8-23-10(2)17-13/h4-8H,3,9H2,1-2H3,(H,18,22)(H,19,20,21). The Morgan fingerprint density at radius 1 is 1.38 bits per heavy atom. The van der Waals surface area contributed by atoms with Crippen LogP contribution in [0.4, 0.5) is 5.69 Å². The number of aromatic nitrogens is 4. The average Bonchev–Trinajstić information content (AvgIpc) is 3.22. The number of anilines is 1.